The van der Waals surface area contributed by atoms with Gasteiger partial charge >= 0.3 is 5.97 Å². The van der Waals surface area contributed by atoms with Crippen LogP contribution in [0.5, 0.6) is 11.5 Å². The first-order chi connectivity index (χ1) is 12.5. The van der Waals surface area contributed by atoms with Crippen LogP contribution in [-0.2, 0) is 9.53 Å². The van der Waals surface area contributed by atoms with Crippen LogP contribution >= 0.6 is 0 Å². The second-order valence-corrected chi connectivity index (χ2v) is 6.05. The third kappa shape index (κ3) is 4.88. The number of hydrogen-bond acceptors (Lipinski definition) is 6. The summed E-state index contributed by atoms with van der Waals surface area (Å²) in [7, 11) is 0. The van der Waals surface area contributed by atoms with E-state index in [4.69, 9.17) is 14.2 Å². The van der Waals surface area contributed by atoms with Crippen molar-refractivity contribution in [2.45, 2.75) is 45.1 Å². The molecule has 2 rings (SSSR count). The van der Waals surface area contributed by atoms with Gasteiger partial charge < -0.3 is 19.5 Å². The lowest BCUT2D eigenvalue weighted by Crippen LogP contribution is -2.46. The molecule has 1 aliphatic rings. The van der Waals surface area contributed by atoms with Crippen LogP contribution in [0, 0.1) is 11.3 Å². The molecule has 1 N–H and O–H groups in total. The van der Waals surface area contributed by atoms with Crippen molar-refractivity contribution < 1.29 is 23.8 Å². The van der Waals surface area contributed by atoms with E-state index in [0.717, 1.165) is 12.8 Å². The van der Waals surface area contributed by atoms with Gasteiger partial charge in [0.15, 0.2) is 18.1 Å². The first-order valence-electron chi connectivity index (χ1n) is 8.82. The van der Waals surface area contributed by atoms with Crippen LogP contribution in [0.4, 0.5) is 0 Å². The van der Waals surface area contributed by atoms with Gasteiger partial charge in [0.05, 0.1) is 24.8 Å². The van der Waals surface area contributed by atoms with Crippen LogP contribution in [0.25, 0.3) is 0 Å². The SMILES string of the molecule is CCOc1ccc(C(=O)OCC(=O)NC2(C#N)CCCC2)cc1OCC. The Balaban J connectivity index is 1.95. The molecular formula is C19H24N2O5. The number of carbonyl (C=O) groups is 2. The Labute approximate surface area is 153 Å². The topological polar surface area (TPSA) is 97.6 Å². The third-order valence-corrected chi connectivity index (χ3v) is 4.16. The Morgan fingerprint density at radius 1 is 1.15 bits per heavy atom. The van der Waals surface area contributed by atoms with Gasteiger partial charge in [0.1, 0.15) is 5.54 Å². The summed E-state index contributed by atoms with van der Waals surface area (Å²) in [5.74, 6) is -0.122. The Morgan fingerprint density at radius 3 is 2.42 bits per heavy atom. The molecule has 0 heterocycles. The highest BCUT2D eigenvalue weighted by Gasteiger charge is 2.35. The van der Waals surface area contributed by atoms with Crippen molar-refractivity contribution in [2.24, 2.45) is 0 Å². The molecule has 1 fully saturated rings. The van der Waals surface area contributed by atoms with Crippen molar-refractivity contribution in [1.29, 1.82) is 5.26 Å². The monoisotopic (exact) mass is 360 g/mol. The molecule has 0 aliphatic heterocycles. The molecule has 0 bridgehead atoms. The summed E-state index contributed by atoms with van der Waals surface area (Å²) in [6, 6.07) is 6.89. The molecule has 0 atom stereocenters. The highest BCUT2D eigenvalue weighted by atomic mass is 16.5. The minimum absolute atomic E-state index is 0.264. The Morgan fingerprint density at radius 2 is 1.81 bits per heavy atom. The summed E-state index contributed by atoms with van der Waals surface area (Å²) in [6.07, 6.45) is 3.06. The van der Waals surface area contributed by atoms with Gasteiger partial charge in [-0.3, -0.25) is 4.79 Å². The third-order valence-electron chi connectivity index (χ3n) is 4.16. The van der Waals surface area contributed by atoms with Crippen molar-refractivity contribution in [3.8, 4) is 17.6 Å². The van der Waals surface area contributed by atoms with Gasteiger partial charge in [-0.2, -0.15) is 5.26 Å². The molecule has 0 radical (unpaired) electrons. The number of nitrogens with zero attached hydrogens (tertiary/aromatic N) is 1. The number of carbonyl (C=O) groups excluding carboxylic acids is 2. The summed E-state index contributed by atoms with van der Waals surface area (Å²) >= 11 is 0. The molecule has 7 heteroatoms. The highest BCUT2D eigenvalue weighted by molar-refractivity contribution is 5.92. The average molecular weight is 360 g/mol. The van der Waals surface area contributed by atoms with Crippen molar-refractivity contribution >= 4 is 11.9 Å². The standard InChI is InChI=1S/C19H24N2O5/c1-3-24-15-8-7-14(11-16(15)25-4-2)18(23)26-12-17(22)21-19(13-20)9-5-6-10-19/h7-8,11H,3-6,9-10,12H2,1-2H3,(H,21,22). The number of ether oxygens (including phenoxy) is 3. The van der Waals surface area contributed by atoms with Crippen LogP contribution in [0.15, 0.2) is 18.2 Å². The maximum absolute atomic E-state index is 12.2. The van der Waals surface area contributed by atoms with Crippen molar-refractivity contribution in [3.05, 3.63) is 23.8 Å². The second-order valence-electron chi connectivity index (χ2n) is 6.05. The second kappa shape index (κ2) is 9.09. The Hall–Kier alpha value is -2.75. The number of benzene rings is 1. The maximum atomic E-state index is 12.2. The Bertz CT molecular complexity index is 690. The predicted molar refractivity (Wildman–Crippen MR) is 94.0 cm³/mol. The summed E-state index contributed by atoms with van der Waals surface area (Å²) in [5, 5.41) is 12.0. The lowest BCUT2D eigenvalue weighted by molar-refractivity contribution is -0.125. The molecule has 140 valence electrons. The van der Waals surface area contributed by atoms with Crippen molar-refractivity contribution in [3.63, 3.8) is 0 Å². The first-order valence-corrected chi connectivity index (χ1v) is 8.82. The van der Waals surface area contributed by atoms with E-state index in [9.17, 15) is 14.9 Å². The molecule has 0 unspecified atom stereocenters. The summed E-state index contributed by atoms with van der Waals surface area (Å²) in [4.78, 5) is 24.2. The molecule has 1 aromatic rings. The molecule has 1 saturated carbocycles. The minimum Gasteiger partial charge on any atom is -0.490 e. The maximum Gasteiger partial charge on any atom is 0.338 e. The molecular weight excluding hydrogens is 336 g/mol. The highest BCUT2D eigenvalue weighted by Crippen LogP contribution is 2.29. The normalized spacial score (nSPS) is 15.0. The number of amides is 1. The number of nitriles is 1. The van der Waals surface area contributed by atoms with Crippen molar-refractivity contribution in [2.75, 3.05) is 19.8 Å². The zero-order chi connectivity index (χ0) is 19.0. The molecule has 26 heavy (non-hydrogen) atoms. The predicted octanol–water partition coefficient (Wildman–Crippen LogP) is 2.59. The number of rotatable bonds is 8. The van der Waals surface area contributed by atoms with E-state index in [1.165, 1.54) is 6.07 Å². The van der Waals surface area contributed by atoms with Gasteiger partial charge in [0.2, 0.25) is 0 Å². The molecule has 1 aliphatic carbocycles. The molecule has 0 saturated heterocycles. The average Bonchev–Trinajstić information content (AvgIpc) is 3.10. The van der Waals surface area contributed by atoms with Crippen LogP contribution < -0.4 is 14.8 Å². The van der Waals surface area contributed by atoms with E-state index in [1.807, 2.05) is 13.8 Å². The first kappa shape index (κ1) is 19.6. The minimum atomic E-state index is -0.829. The van der Waals surface area contributed by atoms with Gasteiger partial charge in [0, 0.05) is 0 Å². The van der Waals surface area contributed by atoms with Crippen LogP contribution in [0.2, 0.25) is 0 Å². The molecule has 0 spiro atoms. The summed E-state index contributed by atoms with van der Waals surface area (Å²) in [6.45, 7) is 4.16. The molecule has 1 aromatic carbocycles. The number of esters is 1. The number of nitrogens with one attached hydrogen (secondary N) is 1. The zero-order valence-corrected chi connectivity index (χ0v) is 15.2. The quantitative estimate of drug-likeness (QED) is 0.716. The molecule has 0 aromatic heterocycles. The Kier molecular flexibility index (Phi) is 6.84. The molecule has 7 nitrogen and oxygen atoms in total. The van der Waals surface area contributed by atoms with E-state index < -0.39 is 24.0 Å². The summed E-state index contributed by atoms with van der Waals surface area (Å²) < 4.78 is 16.0. The van der Waals surface area contributed by atoms with Crippen LogP contribution in [-0.4, -0.2) is 37.2 Å². The molecule has 1 amide bonds. The van der Waals surface area contributed by atoms with Gasteiger partial charge in [-0.25, -0.2) is 4.79 Å². The van der Waals surface area contributed by atoms with Gasteiger partial charge in [-0.05, 0) is 57.7 Å². The van der Waals surface area contributed by atoms with E-state index in [0.29, 0.717) is 37.6 Å². The smallest absolute Gasteiger partial charge is 0.338 e. The van der Waals surface area contributed by atoms with E-state index in [1.54, 1.807) is 12.1 Å². The number of hydrogen-bond donors (Lipinski definition) is 1. The zero-order valence-electron chi connectivity index (χ0n) is 15.2. The summed E-state index contributed by atoms with van der Waals surface area (Å²) in [5.41, 5.74) is -0.564. The fraction of sp³-hybridized carbons (Fsp3) is 0.526. The van der Waals surface area contributed by atoms with E-state index in [-0.39, 0.29) is 5.56 Å². The largest absolute Gasteiger partial charge is 0.490 e. The van der Waals surface area contributed by atoms with Crippen molar-refractivity contribution in [1.82, 2.24) is 5.32 Å². The van der Waals surface area contributed by atoms with Gasteiger partial charge in [-0.15, -0.1) is 0 Å². The van der Waals surface area contributed by atoms with E-state index in [2.05, 4.69) is 11.4 Å². The lowest BCUT2D eigenvalue weighted by atomic mass is 10.00. The van der Waals surface area contributed by atoms with E-state index >= 15 is 0 Å². The fourth-order valence-corrected chi connectivity index (χ4v) is 2.94. The lowest BCUT2D eigenvalue weighted by Gasteiger charge is -2.21. The van der Waals surface area contributed by atoms with Crippen LogP contribution in [0.3, 0.4) is 0 Å². The fourth-order valence-electron chi connectivity index (χ4n) is 2.94. The van der Waals surface area contributed by atoms with Gasteiger partial charge in [-0.1, -0.05) is 0 Å². The van der Waals surface area contributed by atoms with Crippen LogP contribution in [0.1, 0.15) is 49.9 Å². The van der Waals surface area contributed by atoms with Gasteiger partial charge in [0.25, 0.3) is 5.91 Å².